The predicted molar refractivity (Wildman–Crippen MR) is 133 cm³/mol. The molecule has 3 aromatic rings. The molecule has 2 amide bonds. The molecule has 190 valence electrons. The molecule has 11 heteroatoms. The van der Waals surface area contributed by atoms with Crippen LogP contribution in [0.5, 0.6) is 0 Å². The van der Waals surface area contributed by atoms with E-state index in [1.807, 2.05) is 24.3 Å². The van der Waals surface area contributed by atoms with Gasteiger partial charge in [0, 0.05) is 24.5 Å². The maximum absolute atomic E-state index is 13.5. The second kappa shape index (κ2) is 13.4. The molecule has 9 nitrogen and oxygen atoms in total. The number of hydrogen-bond acceptors (Lipinski definition) is 7. The molecule has 3 rings (SSSR count). The number of nitrogens with one attached hydrogen (secondary N) is 3. The predicted octanol–water partition coefficient (Wildman–Crippen LogP) is 3.80. The Morgan fingerprint density at radius 3 is 2.67 bits per heavy atom. The zero-order chi connectivity index (χ0) is 25.9. The lowest BCUT2D eigenvalue weighted by Crippen LogP contribution is -2.43. The number of methoxy groups -OCH3 is 1. The first-order chi connectivity index (χ1) is 17.4. The van der Waals surface area contributed by atoms with Crippen LogP contribution in [0.4, 0.5) is 15.0 Å². The lowest BCUT2D eigenvalue weighted by atomic mass is 10.1. The highest BCUT2D eigenvalue weighted by Gasteiger charge is 2.17. The van der Waals surface area contributed by atoms with Gasteiger partial charge in [-0.15, -0.1) is 0 Å². The van der Waals surface area contributed by atoms with Crippen LogP contribution in [0.15, 0.2) is 54.7 Å². The Kier molecular flexibility index (Phi) is 9.96. The summed E-state index contributed by atoms with van der Waals surface area (Å²) in [4.78, 5) is 40.4. The first-order valence-corrected chi connectivity index (χ1v) is 11.5. The molecule has 0 saturated heterocycles. The second-order valence-electron chi connectivity index (χ2n) is 7.84. The van der Waals surface area contributed by atoms with Gasteiger partial charge in [-0.1, -0.05) is 48.0 Å². The van der Waals surface area contributed by atoms with Gasteiger partial charge in [-0.3, -0.25) is 14.9 Å². The van der Waals surface area contributed by atoms with Crippen LogP contribution in [0.1, 0.15) is 18.4 Å². The summed E-state index contributed by atoms with van der Waals surface area (Å²) in [6, 6.07) is 13.0. The summed E-state index contributed by atoms with van der Waals surface area (Å²) in [5.41, 5.74) is 0.508. The van der Waals surface area contributed by atoms with Crippen LogP contribution in [0.25, 0.3) is 10.8 Å². The van der Waals surface area contributed by atoms with Crippen molar-refractivity contribution >= 4 is 46.2 Å². The Bertz CT molecular complexity index is 1230. The molecule has 0 aliphatic carbocycles. The van der Waals surface area contributed by atoms with Gasteiger partial charge in [0.05, 0.1) is 24.7 Å². The van der Waals surface area contributed by atoms with E-state index in [4.69, 9.17) is 16.3 Å². The van der Waals surface area contributed by atoms with Crippen LogP contribution in [-0.4, -0.2) is 49.3 Å². The number of aromatic nitrogens is 1. The van der Waals surface area contributed by atoms with Crippen molar-refractivity contribution in [1.29, 1.82) is 0 Å². The summed E-state index contributed by atoms with van der Waals surface area (Å²) in [7, 11) is 1.26. The molecule has 0 fully saturated rings. The van der Waals surface area contributed by atoms with Crippen LogP contribution < -0.4 is 16.0 Å². The Morgan fingerprint density at radius 1 is 1.11 bits per heavy atom. The monoisotopic (exact) mass is 516 g/mol. The summed E-state index contributed by atoms with van der Waals surface area (Å²) in [6.07, 6.45) is 1.09. The lowest BCUT2D eigenvalue weighted by Gasteiger charge is -2.19. The maximum Gasteiger partial charge on any atom is 0.412 e. The molecule has 1 atom stereocenters. The van der Waals surface area contributed by atoms with Crippen molar-refractivity contribution in [2.45, 2.75) is 25.4 Å². The lowest BCUT2D eigenvalue weighted by molar-refractivity contribution is -0.141. The first kappa shape index (κ1) is 26.8. The van der Waals surface area contributed by atoms with Crippen molar-refractivity contribution in [2.24, 2.45) is 0 Å². The Hall–Kier alpha value is -3.76. The van der Waals surface area contributed by atoms with E-state index in [9.17, 15) is 18.8 Å². The van der Waals surface area contributed by atoms with E-state index >= 15 is 0 Å². The van der Waals surface area contributed by atoms with E-state index < -0.39 is 29.8 Å². The zero-order valence-corrected chi connectivity index (χ0v) is 20.3. The molecule has 2 aromatic carbocycles. The number of carbonyl (C=O) groups is 3. The van der Waals surface area contributed by atoms with E-state index in [1.54, 1.807) is 18.3 Å². The topological polar surface area (TPSA) is 119 Å². The third kappa shape index (κ3) is 8.17. The molecular formula is C25H26ClFN4O5. The summed E-state index contributed by atoms with van der Waals surface area (Å²) in [5, 5.41) is 9.96. The van der Waals surface area contributed by atoms with Crippen molar-refractivity contribution in [2.75, 3.05) is 25.6 Å². The number of carbonyl (C=O) groups excluding carboxylic acids is 3. The number of fused-ring (bicyclic) bond motifs is 1. The van der Waals surface area contributed by atoms with Crippen LogP contribution in [-0.2, 0) is 25.6 Å². The summed E-state index contributed by atoms with van der Waals surface area (Å²) >= 11 is 5.92. The van der Waals surface area contributed by atoms with Crippen LogP contribution in [0, 0.1) is 5.82 Å². The van der Waals surface area contributed by atoms with Crippen LogP contribution in [0.2, 0.25) is 5.02 Å². The highest BCUT2D eigenvalue weighted by Crippen LogP contribution is 2.19. The second-order valence-corrected chi connectivity index (χ2v) is 8.21. The molecule has 0 aliphatic rings. The van der Waals surface area contributed by atoms with Gasteiger partial charge in [0.25, 0.3) is 0 Å². The SMILES string of the molecule is COC(=O)CC[C@@H](COC(=O)Nc1cc2ccccc2cn1)NC(=O)CNCc1cccc(F)c1Cl. The summed E-state index contributed by atoms with van der Waals surface area (Å²) in [5.74, 6) is -1.10. The highest BCUT2D eigenvalue weighted by atomic mass is 35.5. The third-order valence-corrected chi connectivity index (χ3v) is 5.62. The Morgan fingerprint density at radius 2 is 1.89 bits per heavy atom. The van der Waals surface area contributed by atoms with Crippen molar-refractivity contribution in [3.8, 4) is 0 Å². The van der Waals surface area contributed by atoms with Crippen molar-refractivity contribution in [3.63, 3.8) is 0 Å². The fraction of sp³-hybridized carbons (Fsp3) is 0.280. The molecule has 1 aromatic heterocycles. The number of anilines is 1. The molecule has 0 radical (unpaired) electrons. The Labute approximate surface area is 212 Å². The minimum atomic E-state index is -0.756. The number of esters is 1. The first-order valence-electron chi connectivity index (χ1n) is 11.1. The minimum Gasteiger partial charge on any atom is -0.469 e. The van der Waals surface area contributed by atoms with Crippen LogP contribution >= 0.6 is 11.6 Å². The van der Waals surface area contributed by atoms with E-state index in [2.05, 4.69) is 25.7 Å². The largest absolute Gasteiger partial charge is 0.469 e. The van der Waals surface area contributed by atoms with Crippen LogP contribution in [0.3, 0.4) is 0 Å². The van der Waals surface area contributed by atoms with Gasteiger partial charge in [-0.2, -0.15) is 0 Å². The summed E-state index contributed by atoms with van der Waals surface area (Å²) in [6.45, 7) is -0.110. The minimum absolute atomic E-state index is 0.0123. The van der Waals surface area contributed by atoms with E-state index in [0.29, 0.717) is 11.4 Å². The fourth-order valence-electron chi connectivity index (χ4n) is 3.33. The molecule has 0 spiro atoms. The number of ether oxygens (including phenoxy) is 2. The summed E-state index contributed by atoms with van der Waals surface area (Å²) < 4.78 is 23.4. The van der Waals surface area contributed by atoms with Crippen molar-refractivity contribution in [3.05, 3.63) is 71.1 Å². The quantitative estimate of drug-likeness (QED) is 0.332. The average molecular weight is 517 g/mol. The highest BCUT2D eigenvalue weighted by molar-refractivity contribution is 6.31. The van der Waals surface area contributed by atoms with Gasteiger partial charge in [-0.25, -0.2) is 14.2 Å². The molecule has 0 unspecified atom stereocenters. The maximum atomic E-state index is 13.5. The number of hydrogen-bond donors (Lipinski definition) is 3. The molecular weight excluding hydrogens is 491 g/mol. The average Bonchev–Trinajstić information content (AvgIpc) is 2.87. The van der Waals surface area contributed by atoms with E-state index in [-0.39, 0.29) is 37.6 Å². The molecule has 36 heavy (non-hydrogen) atoms. The van der Waals surface area contributed by atoms with Gasteiger partial charge >= 0.3 is 12.1 Å². The number of pyridine rings is 1. The smallest absolute Gasteiger partial charge is 0.412 e. The van der Waals surface area contributed by atoms with Crippen molar-refractivity contribution in [1.82, 2.24) is 15.6 Å². The van der Waals surface area contributed by atoms with E-state index in [1.165, 1.54) is 19.2 Å². The molecule has 1 heterocycles. The number of benzene rings is 2. The fourth-order valence-corrected chi connectivity index (χ4v) is 3.53. The van der Waals surface area contributed by atoms with Gasteiger partial charge in [0.1, 0.15) is 18.2 Å². The molecule has 0 bridgehead atoms. The van der Waals surface area contributed by atoms with Gasteiger partial charge in [-0.05, 0) is 29.5 Å². The van der Waals surface area contributed by atoms with Gasteiger partial charge in [0.2, 0.25) is 5.91 Å². The zero-order valence-electron chi connectivity index (χ0n) is 19.6. The number of halogens is 2. The third-order valence-electron chi connectivity index (χ3n) is 5.20. The van der Waals surface area contributed by atoms with Gasteiger partial charge < -0.3 is 20.1 Å². The normalized spacial score (nSPS) is 11.5. The Balaban J connectivity index is 1.51. The molecule has 0 aliphatic heterocycles. The van der Waals surface area contributed by atoms with Crippen molar-refractivity contribution < 1.29 is 28.2 Å². The number of rotatable bonds is 11. The number of amides is 2. The molecule has 0 saturated carbocycles. The standard InChI is InChI=1S/C25H26ClFN4O5/c1-35-23(33)10-9-19(30-22(32)14-28-12-18-7-4-8-20(27)24(18)26)15-36-25(34)31-21-11-16-5-2-3-6-17(16)13-29-21/h2-8,11,13,19,28H,9-10,12,14-15H2,1H3,(H,30,32)(H,29,31,34)/t19-/m0/s1. The van der Waals surface area contributed by atoms with E-state index in [0.717, 1.165) is 10.8 Å². The van der Waals surface area contributed by atoms with Gasteiger partial charge in [0.15, 0.2) is 0 Å². The number of nitrogens with zero attached hydrogens (tertiary/aromatic N) is 1. The molecule has 3 N–H and O–H groups in total.